The van der Waals surface area contributed by atoms with E-state index in [2.05, 4.69) is 10.2 Å². The fraction of sp³-hybridized carbons (Fsp3) is 0.786. The molecule has 6 heteroatoms. The fourth-order valence-electron chi connectivity index (χ4n) is 3.52. The predicted octanol–water partition coefficient (Wildman–Crippen LogP) is 0.793. The SMILES string of the molecule is CC(C(=O)NC(N)=O)N1CCCCC1C1CCCC1=O. The topological polar surface area (TPSA) is 92.5 Å². The van der Waals surface area contributed by atoms with Gasteiger partial charge in [0.25, 0.3) is 0 Å². The van der Waals surface area contributed by atoms with Crippen LogP contribution in [-0.2, 0) is 9.59 Å². The number of urea groups is 1. The second-order valence-corrected chi connectivity index (χ2v) is 5.80. The van der Waals surface area contributed by atoms with Crippen LogP contribution in [0.4, 0.5) is 4.79 Å². The molecule has 0 aromatic rings. The van der Waals surface area contributed by atoms with Crippen LogP contribution in [0.25, 0.3) is 0 Å². The van der Waals surface area contributed by atoms with E-state index in [4.69, 9.17) is 5.73 Å². The summed E-state index contributed by atoms with van der Waals surface area (Å²) in [5, 5.41) is 2.14. The summed E-state index contributed by atoms with van der Waals surface area (Å²) in [6.07, 6.45) is 5.60. The van der Waals surface area contributed by atoms with Crippen LogP contribution < -0.4 is 11.1 Å². The molecule has 1 aliphatic carbocycles. The molecule has 1 heterocycles. The highest BCUT2D eigenvalue weighted by Crippen LogP contribution is 2.33. The number of carbonyl (C=O) groups is 3. The van der Waals surface area contributed by atoms with Gasteiger partial charge < -0.3 is 5.73 Å². The lowest BCUT2D eigenvalue weighted by Crippen LogP contribution is -2.55. The Morgan fingerprint density at radius 3 is 2.65 bits per heavy atom. The summed E-state index contributed by atoms with van der Waals surface area (Å²) in [7, 11) is 0. The van der Waals surface area contributed by atoms with Gasteiger partial charge in [0.05, 0.1) is 6.04 Å². The molecule has 20 heavy (non-hydrogen) atoms. The Hall–Kier alpha value is -1.43. The Balaban J connectivity index is 2.08. The van der Waals surface area contributed by atoms with Crippen LogP contribution in [0, 0.1) is 5.92 Å². The number of ketones is 1. The summed E-state index contributed by atoms with van der Waals surface area (Å²) in [5.74, 6) is -0.00150. The number of rotatable bonds is 3. The Morgan fingerprint density at radius 2 is 2.05 bits per heavy atom. The highest BCUT2D eigenvalue weighted by molar-refractivity contribution is 5.96. The van der Waals surface area contributed by atoms with Crippen LogP contribution in [0.3, 0.4) is 0 Å². The van der Waals surface area contributed by atoms with E-state index in [0.717, 1.165) is 38.6 Å². The molecule has 3 amide bonds. The molecular weight excluding hydrogens is 258 g/mol. The summed E-state index contributed by atoms with van der Waals surface area (Å²) in [5.41, 5.74) is 5.00. The molecule has 6 nitrogen and oxygen atoms in total. The first-order chi connectivity index (χ1) is 9.50. The summed E-state index contributed by atoms with van der Waals surface area (Å²) in [4.78, 5) is 36.8. The maximum atomic E-state index is 12.0. The van der Waals surface area contributed by atoms with E-state index < -0.39 is 12.1 Å². The van der Waals surface area contributed by atoms with Gasteiger partial charge in [0.15, 0.2) is 0 Å². The Labute approximate surface area is 119 Å². The third kappa shape index (κ3) is 3.17. The number of amides is 3. The molecule has 2 fully saturated rings. The van der Waals surface area contributed by atoms with Crippen molar-refractivity contribution in [2.75, 3.05) is 6.54 Å². The quantitative estimate of drug-likeness (QED) is 0.800. The van der Waals surface area contributed by atoms with Gasteiger partial charge >= 0.3 is 6.03 Å². The van der Waals surface area contributed by atoms with E-state index in [1.807, 2.05) is 0 Å². The number of nitrogens with two attached hydrogens (primary N) is 1. The molecule has 1 saturated heterocycles. The predicted molar refractivity (Wildman–Crippen MR) is 73.9 cm³/mol. The third-order valence-corrected chi connectivity index (χ3v) is 4.53. The van der Waals surface area contributed by atoms with Crippen molar-refractivity contribution in [3.63, 3.8) is 0 Å². The monoisotopic (exact) mass is 281 g/mol. The molecule has 3 N–H and O–H groups in total. The number of Topliss-reactive ketones (excluding diaryl/α,β-unsaturated/α-hetero) is 1. The second kappa shape index (κ2) is 6.35. The fourth-order valence-corrected chi connectivity index (χ4v) is 3.52. The number of nitrogens with one attached hydrogen (secondary N) is 1. The number of imide groups is 1. The molecule has 112 valence electrons. The van der Waals surface area contributed by atoms with E-state index in [1.54, 1.807) is 6.92 Å². The number of likely N-dealkylation sites (tertiary alicyclic amines) is 1. The summed E-state index contributed by atoms with van der Waals surface area (Å²) >= 11 is 0. The zero-order valence-corrected chi connectivity index (χ0v) is 11.9. The molecule has 1 aliphatic heterocycles. The van der Waals surface area contributed by atoms with Crippen molar-refractivity contribution in [3.05, 3.63) is 0 Å². The van der Waals surface area contributed by atoms with E-state index in [1.165, 1.54) is 0 Å². The smallest absolute Gasteiger partial charge is 0.318 e. The Bertz CT molecular complexity index is 410. The first kappa shape index (κ1) is 15.0. The average Bonchev–Trinajstić information content (AvgIpc) is 2.83. The third-order valence-electron chi connectivity index (χ3n) is 4.53. The maximum absolute atomic E-state index is 12.0. The Morgan fingerprint density at radius 1 is 1.30 bits per heavy atom. The van der Waals surface area contributed by atoms with Crippen LogP contribution in [-0.4, -0.2) is 41.2 Å². The van der Waals surface area contributed by atoms with Gasteiger partial charge in [-0.3, -0.25) is 19.8 Å². The standard InChI is InChI=1S/C14H23N3O3/c1-9(13(19)16-14(15)20)17-8-3-2-6-11(17)10-5-4-7-12(10)18/h9-11H,2-8H2,1H3,(H3,15,16,19,20). The average molecular weight is 281 g/mol. The van der Waals surface area contributed by atoms with Crippen molar-refractivity contribution in [1.82, 2.24) is 10.2 Å². The Kier molecular flexibility index (Phi) is 4.75. The van der Waals surface area contributed by atoms with Crippen molar-refractivity contribution >= 4 is 17.7 Å². The number of primary amides is 1. The number of hydrogen-bond acceptors (Lipinski definition) is 4. The van der Waals surface area contributed by atoms with Gasteiger partial charge in [0.2, 0.25) is 5.91 Å². The zero-order valence-electron chi connectivity index (χ0n) is 11.9. The van der Waals surface area contributed by atoms with Crippen molar-refractivity contribution in [3.8, 4) is 0 Å². The second-order valence-electron chi connectivity index (χ2n) is 5.80. The molecular formula is C14H23N3O3. The van der Waals surface area contributed by atoms with Crippen LogP contribution in [0.5, 0.6) is 0 Å². The van der Waals surface area contributed by atoms with Gasteiger partial charge in [0.1, 0.15) is 5.78 Å². The van der Waals surface area contributed by atoms with Crippen molar-refractivity contribution in [2.24, 2.45) is 11.7 Å². The normalized spacial score (nSPS) is 29.1. The van der Waals surface area contributed by atoms with Gasteiger partial charge in [-0.15, -0.1) is 0 Å². The number of nitrogens with zero attached hydrogens (tertiary/aromatic N) is 1. The first-order valence-corrected chi connectivity index (χ1v) is 7.39. The van der Waals surface area contributed by atoms with Crippen molar-refractivity contribution in [2.45, 2.75) is 57.5 Å². The molecule has 3 unspecified atom stereocenters. The van der Waals surface area contributed by atoms with Crippen LogP contribution in [0.1, 0.15) is 45.4 Å². The van der Waals surface area contributed by atoms with Gasteiger partial charge in [-0.1, -0.05) is 6.42 Å². The summed E-state index contributed by atoms with van der Waals surface area (Å²) in [6.45, 7) is 2.57. The molecule has 0 aromatic heterocycles. The minimum Gasteiger partial charge on any atom is -0.351 e. The van der Waals surface area contributed by atoms with E-state index in [-0.39, 0.29) is 17.9 Å². The lowest BCUT2D eigenvalue weighted by molar-refractivity contribution is -0.130. The van der Waals surface area contributed by atoms with Crippen LogP contribution in [0.15, 0.2) is 0 Å². The minimum atomic E-state index is -0.827. The van der Waals surface area contributed by atoms with Crippen molar-refractivity contribution < 1.29 is 14.4 Å². The zero-order chi connectivity index (χ0) is 14.7. The van der Waals surface area contributed by atoms with E-state index >= 15 is 0 Å². The molecule has 1 saturated carbocycles. The molecule has 3 atom stereocenters. The maximum Gasteiger partial charge on any atom is 0.318 e. The largest absolute Gasteiger partial charge is 0.351 e. The lowest BCUT2D eigenvalue weighted by atomic mass is 9.87. The van der Waals surface area contributed by atoms with Crippen molar-refractivity contribution in [1.29, 1.82) is 0 Å². The molecule has 2 aliphatic rings. The van der Waals surface area contributed by atoms with Crippen LogP contribution >= 0.6 is 0 Å². The molecule has 0 radical (unpaired) electrons. The van der Waals surface area contributed by atoms with Gasteiger partial charge in [-0.05, 0) is 39.2 Å². The highest BCUT2D eigenvalue weighted by atomic mass is 16.2. The minimum absolute atomic E-state index is 0.0547. The number of carbonyl (C=O) groups excluding carboxylic acids is 3. The number of piperidine rings is 1. The first-order valence-electron chi connectivity index (χ1n) is 7.39. The van der Waals surface area contributed by atoms with Gasteiger partial charge in [-0.25, -0.2) is 4.79 Å². The van der Waals surface area contributed by atoms with E-state index in [0.29, 0.717) is 12.2 Å². The molecule has 0 spiro atoms. The highest BCUT2D eigenvalue weighted by Gasteiger charge is 2.39. The van der Waals surface area contributed by atoms with Crippen LogP contribution in [0.2, 0.25) is 0 Å². The summed E-state index contributed by atoms with van der Waals surface area (Å²) in [6, 6.07) is -1.12. The van der Waals surface area contributed by atoms with Gasteiger partial charge in [0, 0.05) is 18.4 Å². The molecule has 0 bridgehead atoms. The number of hydrogen-bond donors (Lipinski definition) is 2. The molecule has 0 aromatic carbocycles. The molecule has 2 rings (SSSR count). The lowest BCUT2D eigenvalue weighted by Gasteiger charge is -2.41. The van der Waals surface area contributed by atoms with Gasteiger partial charge in [-0.2, -0.15) is 0 Å². The van der Waals surface area contributed by atoms with E-state index in [9.17, 15) is 14.4 Å². The summed E-state index contributed by atoms with van der Waals surface area (Å²) < 4.78 is 0.